The van der Waals surface area contributed by atoms with Crippen LogP contribution >= 0.6 is 15.9 Å². The minimum absolute atomic E-state index is 0.409. The first-order chi connectivity index (χ1) is 8.20. The highest BCUT2D eigenvalue weighted by Gasteiger charge is 2.06. The van der Waals surface area contributed by atoms with Gasteiger partial charge in [0.25, 0.3) is 0 Å². The number of ether oxygens (including phenoxy) is 1. The fourth-order valence-electron chi connectivity index (χ4n) is 1.47. The lowest BCUT2D eigenvalue weighted by Crippen LogP contribution is -2.00. The Balaban J connectivity index is 2.31. The van der Waals surface area contributed by atoms with E-state index in [1.165, 1.54) is 5.56 Å². The van der Waals surface area contributed by atoms with Crippen molar-refractivity contribution in [1.82, 2.24) is 4.98 Å². The van der Waals surface area contributed by atoms with E-state index in [1.54, 1.807) is 12.4 Å². The van der Waals surface area contributed by atoms with Crippen LogP contribution in [0.4, 0.5) is 0 Å². The lowest BCUT2D eigenvalue weighted by atomic mass is 10.2. The predicted octanol–water partition coefficient (Wildman–Crippen LogP) is 3.40. The molecule has 0 atom stereocenters. The van der Waals surface area contributed by atoms with E-state index in [0.29, 0.717) is 6.54 Å². The third-order valence-electron chi connectivity index (χ3n) is 2.39. The molecule has 88 valence electrons. The number of aromatic nitrogens is 1. The number of benzene rings is 1. The third-order valence-corrected chi connectivity index (χ3v) is 3.01. The van der Waals surface area contributed by atoms with Gasteiger partial charge in [0.15, 0.2) is 0 Å². The monoisotopic (exact) mass is 292 g/mol. The quantitative estimate of drug-likeness (QED) is 0.943. The molecule has 0 aliphatic carbocycles. The maximum Gasteiger partial charge on any atom is 0.141 e. The van der Waals surface area contributed by atoms with Crippen molar-refractivity contribution in [1.29, 1.82) is 0 Å². The smallest absolute Gasteiger partial charge is 0.141 e. The van der Waals surface area contributed by atoms with Crippen molar-refractivity contribution in [3.05, 3.63) is 52.3 Å². The Kier molecular flexibility index (Phi) is 3.76. The molecule has 2 N–H and O–H groups in total. The molecule has 0 amide bonds. The molecule has 0 radical (unpaired) electrons. The summed E-state index contributed by atoms with van der Waals surface area (Å²) in [5.41, 5.74) is 7.70. The zero-order chi connectivity index (χ0) is 12.3. The van der Waals surface area contributed by atoms with Crippen molar-refractivity contribution >= 4 is 15.9 Å². The van der Waals surface area contributed by atoms with E-state index < -0.39 is 0 Å². The summed E-state index contributed by atoms with van der Waals surface area (Å²) in [5.74, 6) is 1.52. The lowest BCUT2D eigenvalue weighted by Gasteiger charge is -2.11. The summed E-state index contributed by atoms with van der Waals surface area (Å²) < 4.78 is 6.75. The second-order valence-corrected chi connectivity index (χ2v) is 4.58. The Morgan fingerprint density at radius 2 is 2.12 bits per heavy atom. The van der Waals surface area contributed by atoms with Crippen LogP contribution in [-0.2, 0) is 6.54 Å². The molecule has 0 fully saturated rings. The van der Waals surface area contributed by atoms with Gasteiger partial charge >= 0.3 is 0 Å². The number of hydrogen-bond donors (Lipinski definition) is 1. The molecule has 1 heterocycles. The van der Waals surface area contributed by atoms with Crippen LogP contribution < -0.4 is 10.5 Å². The summed E-state index contributed by atoms with van der Waals surface area (Å²) in [6, 6.07) is 7.76. The van der Waals surface area contributed by atoms with E-state index in [-0.39, 0.29) is 0 Å². The Hall–Kier alpha value is -1.39. The Morgan fingerprint density at radius 3 is 2.82 bits per heavy atom. The van der Waals surface area contributed by atoms with Crippen molar-refractivity contribution < 1.29 is 4.74 Å². The highest BCUT2D eigenvalue weighted by atomic mass is 79.9. The highest BCUT2D eigenvalue weighted by molar-refractivity contribution is 9.10. The van der Waals surface area contributed by atoms with Crippen LogP contribution in [0.15, 0.2) is 41.1 Å². The predicted molar refractivity (Wildman–Crippen MR) is 71.1 cm³/mol. The highest BCUT2D eigenvalue weighted by Crippen LogP contribution is 2.31. The lowest BCUT2D eigenvalue weighted by molar-refractivity contribution is 0.472. The van der Waals surface area contributed by atoms with Gasteiger partial charge in [-0.3, -0.25) is 4.98 Å². The van der Waals surface area contributed by atoms with Gasteiger partial charge in [-0.2, -0.15) is 0 Å². The molecule has 0 spiro atoms. The van der Waals surface area contributed by atoms with Gasteiger partial charge in [0.05, 0.1) is 4.47 Å². The van der Waals surface area contributed by atoms with Crippen LogP contribution in [0.5, 0.6) is 11.5 Å². The molecule has 1 aromatic heterocycles. The van der Waals surface area contributed by atoms with Gasteiger partial charge in [0.1, 0.15) is 11.5 Å². The second kappa shape index (κ2) is 5.29. The molecular formula is C13H13BrN2O. The van der Waals surface area contributed by atoms with Gasteiger partial charge in [-0.25, -0.2) is 0 Å². The van der Waals surface area contributed by atoms with E-state index in [1.807, 2.05) is 31.2 Å². The molecule has 1 aromatic carbocycles. The standard InChI is InChI=1S/C13H13BrN2O/c1-9-2-3-13(11(14)6-9)17-12-4-5-16-8-10(12)7-15/h2-6,8H,7,15H2,1H3. The summed E-state index contributed by atoms with van der Waals surface area (Å²) in [5, 5.41) is 0. The van der Waals surface area contributed by atoms with Crippen molar-refractivity contribution in [2.75, 3.05) is 0 Å². The molecule has 0 aliphatic heterocycles. The van der Waals surface area contributed by atoms with Crippen molar-refractivity contribution in [3.63, 3.8) is 0 Å². The fraction of sp³-hybridized carbons (Fsp3) is 0.154. The Morgan fingerprint density at radius 1 is 1.29 bits per heavy atom. The molecule has 0 saturated heterocycles. The number of rotatable bonds is 3. The van der Waals surface area contributed by atoms with Crippen molar-refractivity contribution in [2.24, 2.45) is 5.73 Å². The zero-order valence-electron chi connectivity index (χ0n) is 9.48. The zero-order valence-corrected chi connectivity index (χ0v) is 11.1. The number of pyridine rings is 1. The van der Waals surface area contributed by atoms with E-state index in [9.17, 15) is 0 Å². The van der Waals surface area contributed by atoms with Gasteiger partial charge in [-0.15, -0.1) is 0 Å². The molecule has 3 nitrogen and oxygen atoms in total. The van der Waals surface area contributed by atoms with E-state index in [2.05, 4.69) is 20.9 Å². The maximum atomic E-state index is 5.82. The van der Waals surface area contributed by atoms with Gasteiger partial charge in [-0.1, -0.05) is 6.07 Å². The van der Waals surface area contributed by atoms with Crippen molar-refractivity contribution in [2.45, 2.75) is 13.5 Å². The van der Waals surface area contributed by atoms with E-state index in [0.717, 1.165) is 21.5 Å². The first-order valence-corrected chi connectivity index (χ1v) is 6.07. The number of halogens is 1. The number of nitrogens with zero attached hydrogens (tertiary/aromatic N) is 1. The summed E-state index contributed by atoms with van der Waals surface area (Å²) in [7, 11) is 0. The summed E-state index contributed by atoms with van der Waals surface area (Å²) in [6.07, 6.45) is 3.41. The first-order valence-electron chi connectivity index (χ1n) is 5.27. The van der Waals surface area contributed by atoms with Gasteiger partial charge < -0.3 is 10.5 Å². The van der Waals surface area contributed by atoms with E-state index >= 15 is 0 Å². The molecule has 2 aromatic rings. The van der Waals surface area contributed by atoms with Crippen LogP contribution in [-0.4, -0.2) is 4.98 Å². The average molecular weight is 293 g/mol. The molecule has 4 heteroatoms. The van der Waals surface area contributed by atoms with Crippen LogP contribution in [0.1, 0.15) is 11.1 Å². The fourth-order valence-corrected chi connectivity index (χ4v) is 2.05. The van der Waals surface area contributed by atoms with Crippen LogP contribution in [0.2, 0.25) is 0 Å². The average Bonchev–Trinajstić information content (AvgIpc) is 2.33. The normalized spacial score (nSPS) is 10.3. The van der Waals surface area contributed by atoms with Gasteiger partial charge in [0.2, 0.25) is 0 Å². The summed E-state index contributed by atoms with van der Waals surface area (Å²) in [4.78, 5) is 4.02. The first kappa shape index (κ1) is 12.1. The van der Waals surface area contributed by atoms with Gasteiger partial charge in [-0.05, 0) is 46.6 Å². The molecule has 0 bridgehead atoms. The summed E-state index contributed by atoms with van der Waals surface area (Å²) in [6.45, 7) is 2.44. The largest absolute Gasteiger partial charge is 0.456 e. The Bertz CT molecular complexity index is 529. The van der Waals surface area contributed by atoms with Crippen LogP contribution in [0.25, 0.3) is 0 Å². The number of hydrogen-bond acceptors (Lipinski definition) is 3. The minimum atomic E-state index is 0.409. The SMILES string of the molecule is Cc1ccc(Oc2ccncc2CN)c(Br)c1. The van der Waals surface area contributed by atoms with Gasteiger partial charge in [0, 0.05) is 24.5 Å². The third kappa shape index (κ3) is 2.84. The molecule has 0 saturated carbocycles. The number of nitrogens with two attached hydrogens (primary N) is 1. The molecule has 0 unspecified atom stereocenters. The number of aryl methyl sites for hydroxylation is 1. The van der Waals surface area contributed by atoms with Crippen LogP contribution in [0, 0.1) is 6.92 Å². The molecule has 2 rings (SSSR count). The minimum Gasteiger partial charge on any atom is -0.456 e. The molecule has 17 heavy (non-hydrogen) atoms. The molecular weight excluding hydrogens is 280 g/mol. The van der Waals surface area contributed by atoms with E-state index in [4.69, 9.17) is 10.5 Å². The Labute approximate surface area is 109 Å². The van der Waals surface area contributed by atoms with Crippen LogP contribution in [0.3, 0.4) is 0 Å². The van der Waals surface area contributed by atoms with Crippen molar-refractivity contribution in [3.8, 4) is 11.5 Å². The maximum absolute atomic E-state index is 5.82. The molecule has 0 aliphatic rings. The summed E-state index contributed by atoms with van der Waals surface area (Å²) >= 11 is 3.48. The topological polar surface area (TPSA) is 48.1 Å². The second-order valence-electron chi connectivity index (χ2n) is 3.72.